The van der Waals surface area contributed by atoms with Crippen LogP contribution >= 0.6 is 34.8 Å². The number of ether oxygens (including phenoxy) is 2. The molecule has 17 heteroatoms. The minimum absolute atomic E-state index is 2.96. The molecular formula is C8HCl3F12O2. The standard InChI is InChI=1S/C8HCl3F12O2/c9-1-2(10,11)25-4(7(18,19)20,8(21,22)23)3(24-1,5(12,13)14)6(15,16)17/h1H. The van der Waals surface area contributed by atoms with E-state index < -0.39 is 46.0 Å². The molecule has 0 aliphatic carbocycles. The highest BCUT2D eigenvalue weighted by molar-refractivity contribution is 6.51. The van der Waals surface area contributed by atoms with Crippen molar-refractivity contribution in [1.29, 1.82) is 0 Å². The Kier molecular flexibility index (Phi) is 5.26. The lowest BCUT2D eigenvalue weighted by Gasteiger charge is -2.56. The summed E-state index contributed by atoms with van der Waals surface area (Å²) in [4.78, 5) is 0. The molecule has 0 aromatic heterocycles. The molecule has 1 unspecified atom stereocenters. The minimum Gasteiger partial charge on any atom is -0.330 e. The summed E-state index contributed by atoms with van der Waals surface area (Å²) in [5.41, 5.74) is -17.5. The highest BCUT2D eigenvalue weighted by Gasteiger charge is 2.98. The molecule has 0 radical (unpaired) electrons. The first-order valence-electron chi connectivity index (χ1n) is 5.25. The topological polar surface area (TPSA) is 18.5 Å². The van der Waals surface area contributed by atoms with Crippen LogP contribution in [-0.4, -0.2) is 46.0 Å². The number of alkyl halides is 15. The van der Waals surface area contributed by atoms with Crippen molar-refractivity contribution < 1.29 is 62.2 Å². The van der Waals surface area contributed by atoms with Crippen LogP contribution in [0, 0.1) is 0 Å². The average Bonchev–Trinajstić information content (AvgIpc) is 2.25. The fraction of sp³-hybridized carbons (Fsp3) is 1.00. The fourth-order valence-corrected chi connectivity index (χ4v) is 2.50. The van der Waals surface area contributed by atoms with Crippen molar-refractivity contribution in [3.63, 3.8) is 0 Å². The summed E-state index contributed by atoms with van der Waals surface area (Å²) < 4.78 is 158. The lowest BCUT2D eigenvalue weighted by Crippen LogP contribution is -2.86. The van der Waals surface area contributed by atoms with E-state index in [1.807, 2.05) is 0 Å². The Hall–Kier alpha value is -0.0500. The van der Waals surface area contributed by atoms with Gasteiger partial charge in [-0.25, -0.2) is 0 Å². The van der Waals surface area contributed by atoms with E-state index in [2.05, 4.69) is 9.47 Å². The van der Waals surface area contributed by atoms with Gasteiger partial charge in [0.15, 0.2) is 5.56 Å². The second kappa shape index (κ2) is 5.72. The Bertz CT molecular complexity index is 490. The van der Waals surface area contributed by atoms with Crippen LogP contribution in [0.5, 0.6) is 0 Å². The van der Waals surface area contributed by atoms with Crippen molar-refractivity contribution in [2.24, 2.45) is 0 Å². The Morgan fingerprint density at radius 3 is 1.12 bits per heavy atom. The van der Waals surface area contributed by atoms with Gasteiger partial charge in [-0.05, 0) is 0 Å². The molecule has 1 heterocycles. The van der Waals surface area contributed by atoms with Gasteiger partial charge in [0.25, 0.3) is 4.52 Å². The van der Waals surface area contributed by atoms with Crippen LogP contribution < -0.4 is 0 Å². The Morgan fingerprint density at radius 2 is 0.880 bits per heavy atom. The monoisotopic (exact) mass is 462 g/mol. The second-order valence-electron chi connectivity index (χ2n) is 4.45. The summed E-state index contributed by atoms with van der Waals surface area (Å²) in [6, 6.07) is 0. The molecule has 1 fully saturated rings. The Morgan fingerprint density at radius 1 is 0.600 bits per heavy atom. The van der Waals surface area contributed by atoms with Crippen molar-refractivity contribution in [2.75, 3.05) is 0 Å². The Labute approximate surface area is 143 Å². The molecule has 0 bridgehead atoms. The van der Waals surface area contributed by atoms with Crippen molar-refractivity contribution in [3.05, 3.63) is 0 Å². The van der Waals surface area contributed by atoms with Crippen LogP contribution in [0.15, 0.2) is 0 Å². The summed E-state index contributed by atoms with van der Waals surface area (Å²) in [6.07, 6.45) is -29.5. The zero-order valence-corrected chi connectivity index (χ0v) is 12.8. The predicted molar refractivity (Wildman–Crippen MR) is 55.9 cm³/mol. The van der Waals surface area contributed by atoms with E-state index in [1.54, 1.807) is 0 Å². The lowest BCUT2D eigenvalue weighted by molar-refractivity contribution is -0.536. The first-order chi connectivity index (χ1) is 10.6. The predicted octanol–water partition coefficient (Wildman–Crippen LogP) is 5.46. The molecular weight excluding hydrogens is 462 g/mol. The highest BCUT2D eigenvalue weighted by Crippen LogP contribution is 2.68. The van der Waals surface area contributed by atoms with Gasteiger partial charge in [-0.3, -0.25) is 0 Å². The van der Waals surface area contributed by atoms with Gasteiger partial charge in [-0.15, -0.1) is 0 Å². The molecule has 2 nitrogen and oxygen atoms in total. The molecule has 0 spiro atoms. The average molecular weight is 463 g/mol. The summed E-state index contributed by atoms with van der Waals surface area (Å²) in [7, 11) is 0. The molecule has 1 atom stereocenters. The van der Waals surface area contributed by atoms with Crippen LogP contribution in [-0.2, 0) is 9.47 Å². The molecule has 0 saturated carbocycles. The van der Waals surface area contributed by atoms with Crippen molar-refractivity contribution >= 4 is 34.8 Å². The highest BCUT2D eigenvalue weighted by atomic mass is 35.5. The summed E-state index contributed by atoms with van der Waals surface area (Å²) in [6.45, 7) is 0. The largest absolute Gasteiger partial charge is 0.430 e. The normalized spacial score (nSPS) is 27.2. The lowest BCUT2D eigenvalue weighted by atomic mass is 9.78. The third-order valence-electron chi connectivity index (χ3n) is 2.93. The van der Waals surface area contributed by atoms with Gasteiger partial charge in [0.2, 0.25) is 0 Å². The number of rotatable bonds is 0. The molecule has 0 aromatic carbocycles. The van der Waals surface area contributed by atoms with Crippen LogP contribution in [0.3, 0.4) is 0 Å². The number of hydrogen-bond donors (Lipinski definition) is 0. The van der Waals surface area contributed by atoms with E-state index in [9.17, 15) is 52.7 Å². The van der Waals surface area contributed by atoms with Gasteiger partial charge in [0.05, 0.1) is 0 Å². The zero-order valence-electron chi connectivity index (χ0n) is 10.6. The first kappa shape index (κ1) is 23.0. The van der Waals surface area contributed by atoms with Gasteiger partial charge in [0, 0.05) is 0 Å². The maximum absolute atomic E-state index is 13.0. The molecule has 0 aromatic rings. The second-order valence-corrected chi connectivity index (χ2v) is 6.16. The molecule has 150 valence electrons. The molecule has 1 saturated heterocycles. The van der Waals surface area contributed by atoms with Crippen molar-refractivity contribution in [1.82, 2.24) is 0 Å². The quantitative estimate of drug-likeness (QED) is 0.351. The third-order valence-corrected chi connectivity index (χ3v) is 4.10. The molecule has 25 heavy (non-hydrogen) atoms. The smallest absolute Gasteiger partial charge is 0.330 e. The number of hydrogen-bond acceptors (Lipinski definition) is 2. The Balaban J connectivity index is 4.12. The van der Waals surface area contributed by atoms with Crippen molar-refractivity contribution in [2.45, 2.75) is 46.0 Å². The fourth-order valence-electron chi connectivity index (χ4n) is 2.00. The molecule has 0 amide bonds. The van der Waals surface area contributed by atoms with Gasteiger partial charge in [-0.2, -0.15) is 52.7 Å². The van der Waals surface area contributed by atoms with E-state index in [0.29, 0.717) is 0 Å². The van der Waals surface area contributed by atoms with E-state index in [4.69, 9.17) is 34.8 Å². The van der Waals surface area contributed by atoms with Gasteiger partial charge in [-0.1, -0.05) is 34.8 Å². The van der Waals surface area contributed by atoms with Gasteiger partial charge in [0.1, 0.15) is 0 Å². The van der Waals surface area contributed by atoms with E-state index in [0.717, 1.165) is 0 Å². The van der Waals surface area contributed by atoms with Gasteiger partial charge < -0.3 is 9.47 Å². The molecule has 1 aliphatic rings. The molecule has 1 rings (SSSR count). The first-order valence-corrected chi connectivity index (χ1v) is 6.44. The zero-order chi connectivity index (χ0) is 20.5. The summed E-state index contributed by atoms with van der Waals surface area (Å²) in [5, 5.41) is 0. The molecule has 1 aliphatic heterocycles. The van der Waals surface area contributed by atoms with Gasteiger partial charge >= 0.3 is 35.9 Å². The SMILES string of the molecule is FC(F)(F)C1(C(F)(F)F)OC(Cl)C(Cl)(Cl)OC1(C(F)(F)F)C(F)(F)F. The van der Waals surface area contributed by atoms with E-state index >= 15 is 0 Å². The van der Waals surface area contributed by atoms with Crippen molar-refractivity contribution in [3.8, 4) is 0 Å². The van der Waals surface area contributed by atoms with Crippen LogP contribution in [0.4, 0.5) is 52.7 Å². The maximum Gasteiger partial charge on any atom is 0.430 e. The van der Waals surface area contributed by atoms with E-state index in [1.165, 1.54) is 0 Å². The third kappa shape index (κ3) is 3.01. The van der Waals surface area contributed by atoms with Crippen LogP contribution in [0.2, 0.25) is 0 Å². The summed E-state index contributed by atoms with van der Waals surface area (Å²) in [5.74, 6) is 0. The van der Waals surface area contributed by atoms with E-state index in [-0.39, 0.29) is 0 Å². The maximum atomic E-state index is 13.0. The minimum atomic E-state index is -7.40. The van der Waals surface area contributed by atoms with Crippen LogP contribution in [0.1, 0.15) is 0 Å². The van der Waals surface area contributed by atoms with Crippen LogP contribution in [0.25, 0.3) is 0 Å². The summed E-state index contributed by atoms with van der Waals surface area (Å²) >= 11 is 14.4. The molecule has 0 N–H and O–H groups in total. The number of halogens is 15.